The predicted molar refractivity (Wildman–Crippen MR) is 146 cm³/mol. The Hall–Kier alpha value is -4.51. The van der Waals surface area contributed by atoms with Gasteiger partial charge in [0.05, 0.1) is 16.6 Å². The number of H-pyrrole nitrogens is 1. The van der Waals surface area contributed by atoms with Crippen LogP contribution in [-0.4, -0.2) is 63.0 Å². The van der Waals surface area contributed by atoms with Crippen LogP contribution in [0.4, 0.5) is 0 Å². The predicted octanol–water partition coefficient (Wildman–Crippen LogP) is 3.05. The molecular weight excluding hydrogens is 518 g/mol. The van der Waals surface area contributed by atoms with E-state index in [1.807, 2.05) is 19.1 Å². The first kappa shape index (κ1) is 26.1. The monoisotopic (exact) mass is 545 g/mol. The van der Waals surface area contributed by atoms with Crippen molar-refractivity contribution in [3.63, 3.8) is 0 Å². The maximum Gasteiger partial charge on any atom is 0.328 e. The van der Waals surface area contributed by atoms with Crippen molar-refractivity contribution in [2.45, 2.75) is 32.9 Å². The summed E-state index contributed by atoms with van der Waals surface area (Å²) in [7, 11) is 0. The molecule has 200 valence electrons. The number of amides is 3. The van der Waals surface area contributed by atoms with Gasteiger partial charge in [0, 0.05) is 36.1 Å². The molecule has 3 heterocycles. The van der Waals surface area contributed by atoms with Crippen molar-refractivity contribution in [3.05, 3.63) is 86.2 Å². The van der Waals surface area contributed by atoms with Gasteiger partial charge in [0.25, 0.3) is 17.7 Å². The number of nitrogens with one attached hydrogen (secondary N) is 3. The average Bonchev–Trinajstić information content (AvgIpc) is 3.62. The largest absolute Gasteiger partial charge is 0.480 e. The van der Waals surface area contributed by atoms with E-state index in [0.29, 0.717) is 41.1 Å². The van der Waals surface area contributed by atoms with Gasteiger partial charge < -0.3 is 20.6 Å². The van der Waals surface area contributed by atoms with Crippen LogP contribution < -0.4 is 10.6 Å². The van der Waals surface area contributed by atoms with Crippen molar-refractivity contribution in [1.29, 1.82) is 0 Å². The van der Waals surface area contributed by atoms with Crippen molar-refractivity contribution < 1.29 is 24.3 Å². The lowest BCUT2D eigenvalue weighted by Gasteiger charge is -2.31. The normalized spacial score (nSPS) is 13.5. The maximum absolute atomic E-state index is 13.2. The molecule has 0 saturated heterocycles. The van der Waals surface area contributed by atoms with Gasteiger partial charge in [0.2, 0.25) is 0 Å². The number of aromatic nitrogens is 2. The number of carbonyl (C=O) groups is 4. The number of carboxylic acids is 1. The highest BCUT2D eigenvalue weighted by Crippen LogP contribution is 2.29. The number of fused-ring (bicyclic) bond motifs is 2. The van der Waals surface area contributed by atoms with E-state index < -0.39 is 23.8 Å². The molecule has 4 aromatic rings. The smallest absolute Gasteiger partial charge is 0.328 e. The molecule has 0 aliphatic carbocycles. The first-order valence-electron chi connectivity index (χ1n) is 12.4. The van der Waals surface area contributed by atoms with Gasteiger partial charge in [-0.2, -0.15) is 5.10 Å². The molecule has 10 nitrogen and oxygen atoms in total. The molecule has 4 N–H and O–H groups in total. The Labute approximate surface area is 228 Å². The third-order valence-corrected chi connectivity index (χ3v) is 7.88. The van der Waals surface area contributed by atoms with Crippen LogP contribution in [0.3, 0.4) is 0 Å². The fourth-order valence-corrected chi connectivity index (χ4v) is 5.66. The summed E-state index contributed by atoms with van der Waals surface area (Å²) in [6.45, 7) is 4.29. The molecule has 1 atom stereocenters. The summed E-state index contributed by atoms with van der Waals surface area (Å²) in [6.07, 6.45) is 2.28. The van der Waals surface area contributed by atoms with Gasteiger partial charge in [0.15, 0.2) is 0 Å². The molecule has 39 heavy (non-hydrogen) atoms. The van der Waals surface area contributed by atoms with E-state index in [1.54, 1.807) is 47.7 Å². The Kier molecular flexibility index (Phi) is 7.16. The summed E-state index contributed by atoms with van der Waals surface area (Å²) in [5.74, 6) is -2.24. The number of hydrogen-bond donors (Lipinski definition) is 4. The van der Waals surface area contributed by atoms with Gasteiger partial charge in [-0.1, -0.05) is 18.2 Å². The first-order valence-corrected chi connectivity index (χ1v) is 13.3. The fraction of sp³-hybridized carbons (Fsp3) is 0.250. The second-order valence-electron chi connectivity index (χ2n) is 9.53. The summed E-state index contributed by atoms with van der Waals surface area (Å²) in [5.41, 5.74) is 5.17. The highest BCUT2D eigenvalue weighted by atomic mass is 32.1. The lowest BCUT2D eigenvalue weighted by molar-refractivity contribution is -0.139. The molecular formula is C28H27N5O5S. The van der Waals surface area contributed by atoms with E-state index in [0.717, 1.165) is 27.6 Å². The zero-order valence-electron chi connectivity index (χ0n) is 21.4. The van der Waals surface area contributed by atoms with Crippen LogP contribution in [-0.2, 0) is 17.8 Å². The molecule has 5 rings (SSSR count). The number of nitrogens with zero attached hydrogens (tertiary/aromatic N) is 2. The van der Waals surface area contributed by atoms with E-state index in [1.165, 1.54) is 11.3 Å². The number of carboxylic acid groups (broad SMARTS) is 1. The zero-order chi connectivity index (χ0) is 27.7. The molecule has 2 aromatic heterocycles. The maximum atomic E-state index is 13.2. The Morgan fingerprint density at radius 1 is 1.15 bits per heavy atom. The summed E-state index contributed by atoms with van der Waals surface area (Å²) in [6, 6.07) is 9.42. The highest BCUT2D eigenvalue weighted by Gasteiger charge is 2.28. The van der Waals surface area contributed by atoms with Crippen LogP contribution in [0.5, 0.6) is 0 Å². The summed E-state index contributed by atoms with van der Waals surface area (Å²) in [4.78, 5) is 52.8. The van der Waals surface area contributed by atoms with E-state index in [-0.39, 0.29) is 12.5 Å². The first-order chi connectivity index (χ1) is 18.7. The number of aromatic amines is 1. The third kappa shape index (κ3) is 5.26. The number of benzene rings is 2. The Morgan fingerprint density at radius 2 is 1.97 bits per heavy atom. The molecule has 1 unspecified atom stereocenters. The lowest BCUT2D eigenvalue weighted by atomic mass is 9.88. The highest BCUT2D eigenvalue weighted by molar-refractivity contribution is 7.12. The van der Waals surface area contributed by atoms with Crippen LogP contribution in [0.2, 0.25) is 0 Å². The van der Waals surface area contributed by atoms with Crippen molar-refractivity contribution in [2.75, 3.05) is 13.1 Å². The lowest BCUT2D eigenvalue weighted by Crippen LogP contribution is -2.48. The van der Waals surface area contributed by atoms with Gasteiger partial charge >= 0.3 is 5.97 Å². The summed E-state index contributed by atoms with van der Waals surface area (Å²) >= 11 is 1.24. The zero-order valence-corrected chi connectivity index (χ0v) is 22.2. The minimum absolute atomic E-state index is 0.0804. The SMILES string of the molecule is Cc1cc2c(c(C)c1C(=O)NC(CNC(=O)c1cccs1)C(=O)O)CCN(C(=O)c1ccc3cn[nH]c3c1)C2. The molecule has 3 amide bonds. The number of hydrogen-bond acceptors (Lipinski definition) is 6. The minimum atomic E-state index is -1.29. The molecule has 0 fully saturated rings. The molecule has 0 bridgehead atoms. The number of aliphatic carboxylic acids is 1. The molecule has 1 aliphatic heterocycles. The number of thiophene rings is 1. The van der Waals surface area contributed by atoms with Crippen LogP contribution in [0.15, 0.2) is 48.0 Å². The second-order valence-corrected chi connectivity index (χ2v) is 10.5. The van der Waals surface area contributed by atoms with Crippen molar-refractivity contribution in [1.82, 2.24) is 25.7 Å². The van der Waals surface area contributed by atoms with Gasteiger partial charge in [0.1, 0.15) is 6.04 Å². The molecule has 1 aliphatic rings. The fourth-order valence-electron chi connectivity index (χ4n) is 5.02. The van der Waals surface area contributed by atoms with E-state index in [9.17, 15) is 24.3 Å². The third-order valence-electron chi connectivity index (χ3n) is 7.01. The molecule has 11 heteroatoms. The Morgan fingerprint density at radius 3 is 2.72 bits per heavy atom. The molecule has 2 aromatic carbocycles. The molecule has 0 spiro atoms. The average molecular weight is 546 g/mol. The Bertz CT molecular complexity index is 1590. The van der Waals surface area contributed by atoms with Crippen LogP contribution >= 0.6 is 11.3 Å². The van der Waals surface area contributed by atoms with Crippen LogP contribution in [0.1, 0.15) is 52.6 Å². The van der Waals surface area contributed by atoms with Crippen LogP contribution in [0, 0.1) is 13.8 Å². The number of carbonyl (C=O) groups excluding carboxylic acids is 3. The van der Waals surface area contributed by atoms with Crippen molar-refractivity contribution in [3.8, 4) is 0 Å². The molecule has 0 radical (unpaired) electrons. The summed E-state index contributed by atoms with van der Waals surface area (Å²) < 4.78 is 0. The van der Waals surface area contributed by atoms with Gasteiger partial charge in [-0.15, -0.1) is 11.3 Å². The quantitative estimate of drug-likeness (QED) is 0.281. The van der Waals surface area contributed by atoms with Gasteiger partial charge in [-0.25, -0.2) is 4.79 Å². The van der Waals surface area contributed by atoms with Crippen molar-refractivity contribution >= 4 is 45.9 Å². The Balaban J connectivity index is 1.30. The standard InChI is InChI=1S/C28H27N5O5S/c1-15-10-19-14-33(27(36)17-5-6-18-12-30-32-21(18)11-17)8-7-20(19)16(2)24(15)26(35)31-22(28(37)38)13-29-25(34)23-4-3-9-39-23/h3-6,9-12,22H,7-8,13-14H2,1-2H3,(H,29,34)(H,30,32)(H,31,35)(H,37,38). The number of aryl methyl sites for hydroxylation is 1. The van der Waals surface area contributed by atoms with Gasteiger partial charge in [-0.3, -0.25) is 19.5 Å². The van der Waals surface area contributed by atoms with E-state index in [4.69, 9.17) is 0 Å². The van der Waals surface area contributed by atoms with Crippen LogP contribution in [0.25, 0.3) is 10.9 Å². The van der Waals surface area contributed by atoms with E-state index >= 15 is 0 Å². The second kappa shape index (κ2) is 10.7. The number of rotatable bonds is 7. The van der Waals surface area contributed by atoms with Crippen molar-refractivity contribution in [2.24, 2.45) is 0 Å². The molecule has 0 saturated carbocycles. The topological polar surface area (TPSA) is 144 Å². The van der Waals surface area contributed by atoms with Gasteiger partial charge in [-0.05, 0) is 66.1 Å². The van der Waals surface area contributed by atoms with E-state index in [2.05, 4.69) is 20.8 Å². The summed E-state index contributed by atoms with van der Waals surface area (Å²) in [5, 5.41) is 24.4. The minimum Gasteiger partial charge on any atom is -0.480 e.